The van der Waals surface area contributed by atoms with Crippen LogP contribution in [0.2, 0.25) is 0 Å². The number of likely N-dealkylation sites (tertiary alicyclic amines) is 1. The van der Waals surface area contributed by atoms with Gasteiger partial charge in [0.1, 0.15) is 0 Å². The molecule has 1 aromatic heterocycles. The van der Waals surface area contributed by atoms with Gasteiger partial charge in [-0.25, -0.2) is 8.78 Å². The first-order valence-electron chi connectivity index (χ1n) is 7.29. The number of hydrogen-bond donors (Lipinski definition) is 0. The van der Waals surface area contributed by atoms with Crippen LogP contribution in [-0.2, 0) is 0 Å². The molecule has 1 saturated heterocycles. The van der Waals surface area contributed by atoms with E-state index in [1.165, 1.54) is 6.07 Å². The minimum absolute atomic E-state index is 0.0307. The monoisotopic (exact) mass is 302 g/mol. The number of piperidine rings is 1. The van der Waals surface area contributed by atoms with Crippen molar-refractivity contribution >= 4 is 5.91 Å². The van der Waals surface area contributed by atoms with Crippen LogP contribution in [0.1, 0.15) is 34.7 Å². The van der Waals surface area contributed by atoms with Crippen LogP contribution < -0.4 is 0 Å². The van der Waals surface area contributed by atoms with Crippen LogP contribution in [0, 0.1) is 11.6 Å². The zero-order valence-corrected chi connectivity index (χ0v) is 12.0. The van der Waals surface area contributed by atoms with Crippen molar-refractivity contribution in [3.8, 4) is 0 Å². The topological polar surface area (TPSA) is 33.2 Å². The average molecular weight is 302 g/mol. The summed E-state index contributed by atoms with van der Waals surface area (Å²) >= 11 is 0. The Morgan fingerprint density at radius 2 is 1.91 bits per heavy atom. The Morgan fingerprint density at radius 3 is 2.55 bits per heavy atom. The summed E-state index contributed by atoms with van der Waals surface area (Å²) in [4.78, 5) is 18.1. The molecule has 1 aliphatic heterocycles. The Kier molecular flexibility index (Phi) is 4.13. The predicted molar refractivity (Wildman–Crippen MR) is 78.5 cm³/mol. The SMILES string of the molecule is O=C(c1cccnc1)N1CCC(c2ccc(F)c(F)c2)CC1. The number of carbonyl (C=O) groups excluding carboxylic acids is 1. The number of amides is 1. The second kappa shape index (κ2) is 6.22. The molecule has 0 saturated carbocycles. The molecule has 22 heavy (non-hydrogen) atoms. The zero-order chi connectivity index (χ0) is 15.5. The summed E-state index contributed by atoms with van der Waals surface area (Å²) in [6, 6.07) is 7.54. The first kappa shape index (κ1) is 14.6. The van der Waals surface area contributed by atoms with Crippen molar-refractivity contribution < 1.29 is 13.6 Å². The normalized spacial score (nSPS) is 15.8. The third-order valence-electron chi connectivity index (χ3n) is 4.11. The Bertz CT molecular complexity index is 668. The third kappa shape index (κ3) is 2.98. The lowest BCUT2D eigenvalue weighted by molar-refractivity contribution is 0.0712. The van der Waals surface area contributed by atoms with Gasteiger partial charge in [-0.3, -0.25) is 9.78 Å². The van der Waals surface area contributed by atoms with Crippen molar-refractivity contribution in [2.45, 2.75) is 18.8 Å². The van der Waals surface area contributed by atoms with Crippen molar-refractivity contribution in [3.05, 3.63) is 65.5 Å². The minimum atomic E-state index is -0.826. The van der Waals surface area contributed by atoms with Gasteiger partial charge in [0.2, 0.25) is 0 Å². The first-order valence-corrected chi connectivity index (χ1v) is 7.29. The Hall–Kier alpha value is -2.30. The minimum Gasteiger partial charge on any atom is -0.339 e. The number of nitrogens with zero attached hydrogens (tertiary/aromatic N) is 2. The second-order valence-corrected chi connectivity index (χ2v) is 5.48. The van der Waals surface area contributed by atoms with Gasteiger partial charge in [0.15, 0.2) is 11.6 Å². The Morgan fingerprint density at radius 1 is 1.14 bits per heavy atom. The molecule has 1 aliphatic rings. The molecule has 2 aromatic rings. The molecular weight excluding hydrogens is 286 g/mol. The van der Waals surface area contributed by atoms with Crippen molar-refractivity contribution in [2.75, 3.05) is 13.1 Å². The number of aromatic nitrogens is 1. The van der Waals surface area contributed by atoms with Gasteiger partial charge in [0.05, 0.1) is 5.56 Å². The van der Waals surface area contributed by atoms with Gasteiger partial charge in [-0.1, -0.05) is 6.07 Å². The van der Waals surface area contributed by atoms with E-state index in [1.54, 1.807) is 35.5 Å². The lowest BCUT2D eigenvalue weighted by atomic mass is 9.89. The molecule has 114 valence electrons. The van der Waals surface area contributed by atoms with E-state index in [-0.39, 0.29) is 11.8 Å². The summed E-state index contributed by atoms with van der Waals surface area (Å²) in [6.45, 7) is 1.22. The van der Waals surface area contributed by atoms with Gasteiger partial charge in [0.25, 0.3) is 5.91 Å². The van der Waals surface area contributed by atoms with Crippen molar-refractivity contribution in [3.63, 3.8) is 0 Å². The number of pyridine rings is 1. The van der Waals surface area contributed by atoms with E-state index in [4.69, 9.17) is 0 Å². The molecule has 1 aromatic carbocycles. The van der Waals surface area contributed by atoms with Gasteiger partial charge in [-0.2, -0.15) is 0 Å². The lowest BCUT2D eigenvalue weighted by Gasteiger charge is -2.32. The Labute approximate surface area is 127 Å². The highest BCUT2D eigenvalue weighted by Crippen LogP contribution is 2.29. The van der Waals surface area contributed by atoms with Crippen molar-refractivity contribution in [1.82, 2.24) is 9.88 Å². The number of halogens is 2. The largest absolute Gasteiger partial charge is 0.339 e. The summed E-state index contributed by atoms with van der Waals surface area (Å²) in [5.74, 6) is -1.51. The van der Waals surface area contributed by atoms with Crippen LogP contribution in [0.15, 0.2) is 42.7 Å². The maximum atomic E-state index is 13.3. The highest BCUT2D eigenvalue weighted by molar-refractivity contribution is 5.93. The standard InChI is InChI=1S/C17H16F2N2O/c18-15-4-3-13(10-16(15)19)12-5-8-21(9-6-12)17(22)14-2-1-7-20-11-14/h1-4,7,10-12H,5-6,8-9H2. The van der Waals surface area contributed by atoms with Crippen LogP contribution in [0.25, 0.3) is 0 Å². The number of carbonyl (C=O) groups is 1. The van der Waals surface area contributed by atoms with Crippen molar-refractivity contribution in [1.29, 1.82) is 0 Å². The number of rotatable bonds is 2. The molecule has 3 nitrogen and oxygen atoms in total. The van der Waals surface area contributed by atoms with Crippen LogP contribution >= 0.6 is 0 Å². The maximum absolute atomic E-state index is 13.3. The van der Waals surface area contributed by atoms with Crippen LogP contribution in [0.4, 0.5) is 8.78 Å². The van der Waals surface area contributed by atoms with Gasteiger partial charge < -0.3 is 4.90 Å². The van der Waals surface area contributed by atoms with Gasteiger partial charge in [-0.05, 0) is 48.6 Å². The van der Waals surface area contributed by atoms with Crippen LogP contribution in [0.5, 0.6) is 0 Å². The molecule has 0 aliphatic carbocycles. The summed E-state index contributed by atoms with van der Waals surface area (Å²) in [6.07, 6.45) is 4.68. The molecule has 2 heterocycles. The van der Waals surface area contributed by atoms with E-state index in [1.807, 2.05) is 0 Å². The first-order chi connectivity index (χ1) is 10.6. The summed E-state index contributed by atoms with van der Waals surface area (Å²) in [5.41, 5.74) is 1.38. The summed E-state index contributed by atoms with van der Waals surface area (Å²) < 4.78 is 26.3. The van der Waals surface area contributed by atoms with E-state index in [0.29, 0.717) is 18.7 Å². The van der Waals surface area contributed by atoms with E-state index in [9.17, 15) is 13.6 Å². The van der Waals surface area contributed by atoms with E-state index in [2.05, 4.69) is 4.98 Å². The molecule has 3 rings (SSSR count). The third-order valence-corrected chi connectivity index (χ3v) is 4.11. The number of hydrogen-bond acceptors (Lipinski definition) is 2. The molecule has 0 spiro atoms. The smallest absolute Gasteiger partial charge is 0.255 e. The van der Waals surface area contributed by atoms with E-state index in [0.717, 1.165) is 24.5 Å². The summed E-state index contributed by atoms with van der Waals surface area (Å²) in [7, 11) is 0. The Balaban J connectivity index is 1.65. The quantitative estimate of drug-likeness (QED) is 0.852. The maximum Gasteiger partial charge on any atom is 0.255 e. The number of benzene rings is 1. The van der Waals surface area contributed by atoms with Gasteiger partial charge in [-0.15, -0.1) is 0 Å². The fraction of sp³-hybridized carbons (Fsp3) is 0.294. The average Bonchev–Trinajstić information content (AvgIpc) is 2.58. The highest BCUT2D eigenvalue weighted by atomic mass is 19.2. The lowest BCUT2D eigenvalue weighted by Crippen LogP contribution is -2.38. The summed E-state index contributed by atoms with van der Waals surface area (Å²) in [5, 5.41) is 0. The van der Waals surface area contributed by atoms with E-state index >= 15 is 0 Å². The molecule has 0 bridgehead atoms. The second-order valence-electron chi connectivity index (χ2n) is 5.48. The molecule has 0 radical (unpaired) electrons. The molecule has 0 N–H and O–H groups in total. The van der Waals surface area contributed by atoms with Crippen LogP contribution in [0.3, 0.4) is 0 Å². The van der Waals surface area contributed by atoms with Gasteiger partial charge in [0, 0.05) is 25.5 Å². The van der Waals surface area contributed by atoms with Gasteiger partial charge >= 0.3 is 0 Å². The molecule has 0 unspecified atom stereocenters. The van der Waals surface area contributed by atoms with E-state index < -0.39 is 11.6 Å². The fourth-order valence-electron chi connectivity index (χ4n) is 2.85. The predicted octanol–water partition coefficient (Wildman–Crippen LogP) is 3.38. The molecular formula is C17H16F2N2O. The van der Waals surface area contributed by atoms with Crippen LogP contribution in [-0.4, -0.2) is 28.9 Å². The zero-order valence-electron chi connectivity index (χ0n) is 12.0. The fourth-order valence-corrected chi connectivity index (χ4v) is 2.85. The van der Waals surface area contributed by atoms with Crippen molar-refractivity contribution in [2.24, 2.45) is 0 Å². The molecule has 1 amide bonds. The molecule has 1 fully saturated rings. The highest BCUT2D eigenvalue weighted by Gasteiger charge is 2.25. The molecule has 5 heteroatoms. The molecule has 0 atom stereocenters.